The van der Waals surface area contributed by atoms with Crippen LogP contribution in [0.25, 0.3) is 0 Å². The van der Waals surface area contributed by atoms with E-state index in [1.54, 1.807) is 30.3 Å². The van der Waals surface area contributed by atoms with Gasteiger partial charge in [0, 0.05) is 24.2 Å². The van der Waals surface area contributed by atoms with Crippen molar-refractivity contribution in [2.24, 2.45) is 0 Å². The fraction of sp³-hybridized carbons (Fsp3) is 0.300. The number of ketones is 2. The predicted molar refractivity (Wildman–Crippen MR) is 90.8 cm³/mol. The Morgan fingerprint density at radius 2 is 1.80 bits per heavy atom. The fourth-order valence-corrected chi connectivity index (χ4v) is 3.70. The van der Waals surface area contributed by atoms with E-state index < -0.39 is 11.4 Å². The second-order valence-electron chi connectivity index (χ2n) is 6.52. The highest BCUT2D eigenvalue weighted by Gasteiger charge is 2.58. The van der Waals surface area contributed by atoms with Gasteiger partial charge in [0.05, 0.1) is 23.8 Å². The largest absolute Gasteiger partial charge is 0.472 e. The summed E-state index contributed by atoms with van der Waals surface area (Å²) in [6.45, 7) is 1.46. The molecule has 4 rings (SSSR count). The Kier molecular flexibility index (Phi) is 3.81. The molecule has 1 aromatic heterocycles. The van der Waals surface area contributed by atoms with Gasteiger partial charge in [-0.05, 0) is 25.3 Å². The molecule has 25 heavy (non-hydrogen) atoms. The summed E-state index contributed by atoms with van der Waals surface area (Å²) in [4.78, 5) is 27.7. The Morgan fingerprint density at radius 1 is 1.08 bits per heavy atom. The number of furan rings is 1. The van der Waals surface area contributed by atoms with Gasteiger partial charge in [0.1, 0.15) is 0 Å². The number of rotatable bonds is 4. The van der Waals surface area contributed by atoms with E-state index in [9.17, 15) is 14.7 Å². The molecule has 128 valence electrons. The average Bonchev–Trinajstić information content (AvgIpc) is 3.21. The van der Waals surface area contributed by atoms with Gasteiger partial charge in [0.2, 0.25) is 5.78 Å². The van der Waals surface area contributed by atoms with Crippen molar-refractivity contribution >= 4 is 11.6 Å². The Bertz CT molecular complexity index is 832. The zero-order valence-electron chi connectivity index (χ0n) is 13.8. The maximum absolute atomic E-state index is 12.9. The molecule has 1 aliphatic heterocycles. The molecule has 2 heterocycles. The molecule has 0 spiro atoms. The predicted octanol–water partition coefficient (Wildman–Crippen LogP) is 2.67. The summed E-state index contributed by atoms with van der Waals surface area (Å²) in [7, 11) is 0. The van der Waals surface area contributed by atoms with Crippen LogP contribution in [-0.2, 0) is 10.4 Å². The van der Waals surface area contributed by atoms with Crippen LogP contribution < -0.4 is 0 Å². The topological polar surface area (TPSA) is 70.8 Å². The maximum atomic E-state index is 12.9. The van der Waals surface area contributed by atoms with Crippen LogP contribution >= 0.6 is 0 Å². The third kappa shape index (κ3) is 2.35. The number of piperidine rings is 1. The summed E-state index contributed by atoms with van der Waals surface area (Å²) in [5.74, 6) is -0.886. The van der Waals surface area contributed by atoms with Crippen LogP contribution in [0.15, 0.2) is 64.6 Å². The van der Waals surface area contributed by atoms with Crippen molar-refractivity contribution in [3.8, 4) is 0 Å². The zero-order valence-corrected chi connectivity index (χ0v) is 13.8. The lowest BCUT2D eigenvalue weighted by molar-refractivity contribution is -0.137. The lowest BCUT2D eigenvalue weighted by Crippen LogP contribution is -2.56. The third-order valence-electron chi connectivity index (χ3n) is 5.01. The summed E-state index contributed by atoms with van der Waals surface area (Å²) in [6.07, 6.45) is 5.86. The molecule has 5 nitrogen and oxygen atoms in total. The van der Waals surface area contributed by atoms with Gasteiger partial charge in [0.25, 0.3) is 0 Å². The Morgan fingerprint density at radius 3 is 2.44 bits per heavy atom. The molecule has 2 aromatic rings. The van der Waals surface area contributed by atoms with Crippen molar-refractivity contribution in [2.75, 3.05) is 13.1 Å². The van der Waals surface area contributed by atoms with Gasteiger partial charge in [-0.15, -0.1) is 0 Å². The number of carbonyl (C=O) groups is 2. The van der Waals surface area contributed by atoms with Crippen LogP contribution in [0.3, 0.4) is 0 Å². The van der Waals surface area contributed by atoms with Crippen LogP contribution in [0.1, 0.15) is 35.2 Å². The summed E-state index contributed by atoms with van der Waals surface area (Å²) >= 11 is 0. The Labute approximate surface area is 145 Å². The van der Waals surface area contributed by atoms with E-state index >= 15 is 0 Å². The minimum Gasteiger partial charge on any atom is -0.472 e. The minimum absolute atomic E-state index is 0.0943. The second-order valence-corrected chi connectivity index (χ2v) is 6.52. The molecule has 1 N–H and O–H groups in total. The van der Waals surface area contributed by atoms with Crippen LogP contribution in [-0.4, -0.2) is 34.7 Å². The smallest absolute Gasteiger partial charge is 0.211 e. The quantitative estimate of drug-likeness (QED) is 0.686. The first-order valence-electron chi connectivity index (χ1n) is 8.53. The number of carbonyl (C=O) groups excluding carboxylic acids is 2. The number of hydrogen-bond acceptors (Lipinski definition) is 5. The molecule has 1 saturated heterocycles. The highest BCUT2D eigenvalue weighted by atomic mass is 16.3. The molecule has 0 amide bonds. The van der Waals surface area contributed by atoms with E-state index in [1.807, 2.05) is 11.0 Å². The standard InChI is InChI=1S/C20H19NO4/c22-17(14-7-3-1-4-8-14)16-18(21-10-5-2-6-11-21)20(24,19(16)23)15-9-12-25-13-15/h1,3-4,7-9,12-13,24H,2,5-6,10-11H2. The Hall–Kier alpha value is -2.66. The van der Waals surface area contributed by atoms with Crippen molar-refractivity contribution < 1.29 is 19.1 Å². The van der Waals surface area contributed by atoms with Crippen molar-refractivity contribution in [1.29, 1.82) is 0 Å². The first kappa shape index (κ1) is 15.8. The molecular weight excluding hydrogens is 318 g/mol. The van der Waals surface area contributed by atoms with Gasteiger partial charge < -0.3 is 14.4 Å². The van der Waals surface area contributed by atoms with Gasteiger partial charge in [-0.25, -0.2) is 0 Å². The zero-order chi connectivity index (χ0) is 17.4. The number of hydrogen-bond donors (Lipinski definition) is 1. The first-order chi connectivity index (χ1) is 12.1. The van der Waals surface area contributed by atoms with E-state index in [-0.39, 0.29) is 11.4 Å². The molecule has 2 aliphatic rings. The highest BCUT2D eigenvalue weighted by molar-refractivity contribution is 6.34. The fourth-order valence-electron chi connectivity index (χ4n) is 3.70. The lowest BCUT2D eigenvalue weighted by Gasteiger charge is -2.46. The molecule has 1 aliphatic carbocycles. The number of nitrogens with zero attached hydrogens (tertiary/aromatic N) is 1. The van der Waals surface area contributed by atoms with Crippen LogP contribution in [0.5, 0.6) is 0 Å². The highest BCUT2D eigenvalue weighted by Crippen LogP contribution is 2.47. The molecule has 5 heteroatoms. The Balaban J connectivity index is 1.83. The SMILES string of the molecule is O=C(C1=C(N2CCCCC2)C(O)(c2ccoc2)C1=O)c1ccccc1. The normalized spacial score (nSPS) is 23.6. The van der Waals surface area contributed by atoms with Crippen molar-refractivity contribution in [3.63, 3.8) is 0 Å². The van der Waals surface area contributed by atoms with Crippen molar-refractivity contribution in [1.82, 2.24) is 4.90 Å². The van der Waals surface area contributed by atoms with Crippen LogP contribution in [0.4, 0.5) is 0 Å². The van der Waals surface area contributed by atoms with E-state index in [2.05, 4.69) is 0 Å². The van der Waals surface area contributed by atoms with Gasteiger partial charge >= 0.3 is 0 Å². The molecule has 0 saturated carbocycles. The molecule has 1 aromatic carbocycles. The average molecular weight is 337 g/mol. The number of aliphatic hydroxyl groups is 1. The summed E-state index contributed by atoms with van der Waals surface area (Å²) in [5, 5.41) is 11.2. The lowest BCUT2D eigenvalue weighted by atomic mass is 9.69. The minimum atomic E-state index is -1.79. The molecule has 1 atom stereocenters. The summed E-state index contributed by atoms with van der Waals surface area (Å²) < 4.78 is 5.06. The second kappa shape index (κ2) is 6.01. The van der Waals surface area contributed by atoms with Gasteiger partial charge in [-0.3, -0.25) is 9.59 Å². The van der Waals surface area contributed by atoms with E-state index in [1.165, 1.54) is 12.5 Å². The van der Waals surface area contributed by atoms with Gasteiger partial charge in [0.15, 0.2) is 11.4 Å². The van der Waals surface area contributed by atoms with Gasteiger partial charge in [-0.1, -0.05) is 30.3 Å². The number of likely N-dealkylation sites (tertiary alicyclic amines) is 1. The molecule has 1 fully saturated rings. The number of Topliss-reactive ketones (excluding diaryl/α,β-unsaturated/α-hetero) is 2. The molecule has 0 bridgehead atoms. The molecule has 1 unspecified atom stereocenters. The van der Waals surface area contributed by atoms with E-state index in [0.717, 1.165) is 32.4 Å². The van der Waals surface area contributed by atoms with Crippen LogP contribution in [0, 0.1) is 0 Å². The van der Waals surface area contributed by atoms with Gasteiger partial charge in [-0.2, -0.15) is 0 Å². The van der Waals surface area contributed by atoms with Crippen LogP contribution in [0.2, 0.25) is 0 Å². The maximum Gasteiger partial charge on any atom is 0.211 e. The van der Waals surface area contributed by atoms with E-state index in [4.69, 9.17) is 4.42 Å². The van der Waals surface area contributed by atoms with Crippen molar-refractivity contribution in [2.45, 2.75) is 24.9 Å². The first-order valence-corrected chi connectivity index (χ1v) is 8.53. The summed E-state index contributed by atoms with van der Waals surface area (Å²) in [6, 6.07) is 10.3. The third-order valence-corrected chi connectivity index (χ3v) is 5.01. The molecular formula is C20H19NO4. The molecule has 0 radical (unpaired) electrons. The summed E-state index contributed by atoms with van der Waals surface area (Å²) in [5.41, 5.74) is -0.439. The van der Waals surface area contributed by atoms with E-state index in [0.29, 0.717) is 16.8 Å². The number of benzene rings is 1. The monoisotopic (exact) mass is 337 g/mol. The van der Waals surface area contributed by atoms with Crippen molar-refractivity contribution in [3.05, 3.63) is 71.3 Å².